The Balaban J connectivity index is 2.37. The number of sulfonamides is 1. The van der Waals surface area contributed by atoms with E-state index in [0.717, 1.165) is 19.2 Å². The van der Waals surface area contributed by atoms with Crippen molar-refractivity contribution < 1.29 is 13.3 Å². The van der Waals surface area contributed by atoms with Crippen LogP contribution >= 0.6 is 0 Å². The van der Waals surface area contributed by atoms with Gasteiger partial charge in [-0.2, -0.15) is 4.31 Å². The van der Waals surface area contributed by atoms with Crippen molar-refractivity contribution in [3.8, 4) is 0 Å². The number of rotatable bonds is 4. The number of pyridine rings is 1. The molecule has 0 bridgehead atoms. The van der Waals surface area contributed by atoms with Crippen molar-refractivity contribution >= 4 is 15.7 Å². The zero-order valence-electron chi connectivity index (χ0n) is 11.0. The molecular weight excluding hydrogens is 284 g/mol. The molecule has 20 heavy (non-hydrogen) atoms. The molecule has 1 aromatic heterocycles. The molecular formula is C11H16N4O4S. The fraction of sp³-hybridized carbons (Fsp3) is 0.545. The number of hydrogen-bond acceptors (Lipinski definition) is 6. The maximum absolute atomic E-state index is 12.5. The first-order valence-corrected chi connectivity index (χ1v) is 7.67. The van der Waals surface area contributed by atoms with Gasteiger partial charge in [0.05, 0.1) is 4.92 Å². The number of nitro groups is 1. The summed E-state index contributed by atoms with van der Waals surface area (Å²) < 4.78 is 26.2. The quantitative estimate of drug-likeness (QED) is 0.636. The molecule has 1 saturated heterocycles. The molecule has 9 heteroatoms. The molecule has 110 valence electrons. The van der Waals surface area contributed by atoms with Crippen LogP contribution in [-0.2, 0) is 10.0 Å². The van der Waals surface area contributed by atoms with Gasteiger partial charge in [0.15, 0.2) is 0 Å². The van der Waals surface area contributed by atoms with Crippen molar-refractivity contribution in [2.75, 3.05) is 20.1 Å². The third-order valence-corrected chi connectivity index (χ3v) is 5.25. The van der Waals surface area contributed by atoms with Crippen molar-refractivity contribution in [1.82, 2.24) is 14.6 Å². The van der Waals surface area contributed by atoms with Gasteiger partial charge in [0.2, 0.25) is 5.03 Å². The van der Waals surface area contributed by atoms with Gasteiger partial charge < -0.3 is 5.32 Å². The summed E-state index contributed by atoms with van der Waals surface area (Å²) in [6.45, 7) is 1.46. The van der Waals surface area contributed by atoms with Crippen LogP contribution in [0.1, 0.15) is 12.8 Å². The summed E-state index contributed by atoms with van der Waals surface area (Å²) in [5, 5.41) is 13.6. The zero-order valence-corrected chi connectivity index (χ0v) is 11.8. The lowest BCUT2D eigenvalue weighted by molar-refractivity contribution is -0.388. The number of nitrogens with zero attached hydrogens (tertiary/aromatic N) is 3. The van der Waals surface area contributed by atoms with Gasteiger partial charge in [-0.15, -0.1) is 0 Å². The number of aromatic nitrogens is 1. The highest BCUT2D eigenvalue weighted by Crippen LogP contribution is 2.26. The number of piperidine rings is 1. The van der Waals surface area contributed by atoms with Crippen LogP contribution < -0.4 is 5.32 Å². The molecule has 0 amide bonds. The van der Waals surface area contributed by atoms with E-state index in [-0.39, 0.29) is 6.04 Å². The maximum atomic E-state index is 12.5. The minimum absolute atomic E-state index is 0.164. The van der Waals surface area contributed by atoms with Crippen LogP contribution in [0.2, 0.25) is 0 Å². The SMILES string of the molecule is CN(C1CCNCC1)S(=O)(=O)c1ncccc1[N+](=O)[O-]. The van der Waals surface area contributed by atoms with Crippen LogP contribution in [-0.4, -0.2) is 48.8 Å². The summed E-state index contributed by atoms with van der Waals surface area (Å²) in [6.07, 6.45) is 2.60. The smallest absolute Gasteiger partial charge is 0.308 e. The monoisotopic (exact) mass is 300 g/mol. The predicted octanol–water partition coefficient (Wildman–Crippen LogP) is 0.362. The van der Waals surface area contributed by atoms with E-state index in [9.17, 15) is 18.5 Å². The Kier molecular flexibility index (Phi) is 4.31. The van der Waals surface area contributed by atoms with Gasteiger partial charge in [0.25, 0.3) is 10.0 Å². The van der Waals surface area contributed by atoms with Gasteiger partial charge in [0, 0.05) is 25.4 Å². The van der Waals surface area contributed by atoms with Crippen molar-refractivity contribution in [2.45, 2.75) is 23.9 Å². The largest absolute Gasteiger partial charge is 0.317 e. The number of hydrogen-bond donors (Lipinski definition) is 1. The van der Waals surface area contributed by atoms with Crippen molar-refractivity contribution in [1.29, 1.82) is 0 Å². The Morgan fingerprint density at radius 2 is 2.10 bits per heavy atom. The summed E-state index contributed by atoms with van der Waals surface area (Å²) in [5.41, 5.74) is -0.492. The predicted molar refractivity (Wildman–Crippen MR) is 71.7 cm³/mol. The molecule has 0 aliphatic carbocycles. The second-order valence-corrected chi connectivity index (χ2v) is 6.50. The van der Waals surface area contributed by atoms with E-state index in [1.807, 2.05) is 0 Å². The highest BCUT2D eigenvalue weighted by Gasteiger charge is 2.35. The van der Waals surface area contributed by atoms with Crippen LogP contribution in [0, 0.1) is 10.1 Å². The van der Waals surface area contributed by atoms with E-state index in [2.05, 4.69) is 10.3 Å². The molecule has 0 spiro atoms. The Bertz CT molecular complexity index is 598. The van der Waals surface area contributed by atoms with E-state index in [4.69, 9.17) is 0 Å². The van der Waals surface area contributed by atoms with Gasteiger partial charge in [-0.05, 0) is 32.0 Å². The fourth-order valence-corrected chi connectivity index (χ4v) is 3.70. The molecule has 2 rings (SSSR count). The normalized spacial score (nSPS) is 17.3. The van der Waals surface area contributed by atoms with Gasteiger partial charge in [0.1, 0.15) is 0 Å². The highest BCUT2D eigenvalue weighted by atomic mass is 32.2. The Morgan fingerprint density at radius 3 is 2.70 bits per heavy atom. The second-order valence-electron chi connectivity index (χ2n) is 4.59. The summed E-state index contributed by atoms with van der Waals surface area (Å²) in [5.74, 6) is 0. The van der Waals surface area contributed by atoms with Gasteiger partial charge in [-0.25, -0.2) is 13.4 Å². The second kappa shape index (κ2) is 5.81. The molecule has 1 aromatic rings. The molecule has 0 atom stereocenters. The average Bonchev–Trinajstić information content (AvgIpc) is 2.47. The van der Waals surface area contributed by atoms with E-state index in [1.165, 1.54) is 23.6 Å². The molecule has 2 heterocycles. The Hall–Kier alpha value is -1.58. The summed E-state index contributed by atoms with van der Waals surface area (Å²) in [7, 11) is -2.51. The summed E-state index contributed by atoms with van der Waals surface area (Å²) in [6, 6.07) is 2.33. The summed E-state index contributed by atoms with van der Waals surface area (Å²) >= 11 is 0. The van der Waals surface area contributed by atoms with Crippen molar-refractivity contribution in [2.24, 2.45) is 0 Å². The molecule has 1 aliphatic heterocycles. The Morgan fingerprint density at radius 1 is 1.45 bits per heavy atom. The van der Waals surface area contributed by atoms with Crippen molar-refractivity contribution in [3.05, 3.63) is 28.4 Å². The minimum Gasteiger partial charge on any atom is -0.317 e. The van der Waals surface area contributed by atoms with Crippen LogP contribution in [0.5, 0.6) is 0 Å². The van der Waals surface area contributed by atoms with Gasteiger partial charge in [-0.1, -0.05) is 0 Å². The van der Waals surface area contributed by atoms with Crippen LogP contribution in [0.25, 0.3) is 0 Å². The number of nitrogens with one attached hydrogen (secondary N) is 1. The first-order chi connectivity index (χ1) is 9.44. The van der Waals surface area contributed by atoms with Crippen LogP contribution in [0.15, 0.2) is 23.4 Å². The van der Waals surface area contributed by atoms with E-state index < -0.39 is 25.7 Å². The third kappa shape index (κ3) is 2.79. The Labute approximate surface area is 117 Å². The topological polar surface area (TPSA) is 105 Å². The molecule has 1 N–H and O–H groups in total. The first kappa shape index (κ1) is 14.8. The average molecular weight is 300 g/mol. The molecule has 1 aliphatic rings. The molecule has 0 unspecified atom stereocenters. The fourth-order valence-electron chi connectivity index (χ4n) is 2.22. The molecule has 1 fully saturated rings. The molecule has 0 radical (unpaired) electrons. The maximum Gasteiger partial charge on any atom is 0.308 e. The van der Waals surface area contributed by atoms with Crippen molar-refractivity contribution in [3.63, 3.8) is 0 Å². The lowest BCUT2D eigenvalue weighted by atomic mass is 10.1. The lowest BCUT2D eigenvalue weighted by Crippen LogP contribution is -2.44. The molecule has 0 saturated carbocycles. The standard InChI is InChI=1S/C11H16N4O4S/c1-14(9-4-7-12-8-5-9)20(18,19)11-10(15(16)17)3-2-6-13-11/h2-3,6,9,12H,4-5,7-8H2,1H3. The van der Waals surface area contributed by atoms with Gasteiger partial charge >= 0.3 is 5.69 Å². The lowest BCUT2D eigenvalue weighted by Gasteiger charge is -2.30. The molecule has 8 nitrogen and oxygen atoms in total. The zero-order chi connectivity index (χ0) is 14.8. The highest BCUT2D eigenvalue weighted by molar-refractivity contribution is 7.89. The van der Waals surface area contributed by atoms with E-state index in [0.29, 0.717) is 12.8 Å². The van der Waals surface area contributed by atoms with Crippen LogP contribution in [0.4, 0.5) is 5.69 Å². The first-order valence-electron chi connectivity index (χ1n) is 6.22. The third-order valence-electron chi connectivity index (χ3n) is 3.39. The van der Waals surface area contributed by atoms with E-state index >= 15 is 0 Å². The van der Waals surface area contributed by atoms with Crippen LogP contribution in [0.3, 0.4) is 0 Å². The minimum atomic E-state index is -3.96. The summed E-state index contributed by atoms with van der Waals surface area (Å²) in [4.78, 5) is 13.9. The molecule has 0 aromatic carbocycles. The van der Waals surface area contributed by atoms with E-state index in [1.54, 1.807) is 0 Å². The van der Waals surface area contributed by atoms with Gasteiger partial charge in [-0.3, -0.25) is 10.1 Å².